The van der Waals surface area contributed by atoms with Gasteiger partial charge in [-0.3, -0.25) is 4.90 Å². The molecule has 0 unspecified atom stereocenters. The molecule has 0 saturated carbocycles. The van der Waals surface area contributed by atoms with E-state index in [1.807, 2.05) is 24.3 Å². The zero-order chi connectivity index (χ0) is 26.8. The molecule has 0 bridgehead atoms. The fourth-order valence-electron chi connectivity index (χ4n) is 5.56. The summed E-state index contributed by atoms with van der Waals surface area (Å²) in [7, 11) is 0. The molecule has 0 spiro atoms. The number of benzene rings is 3. The number of likely N-dealkylation sites (tertiary alicyclic amines) is 1. The van der Waals surface area contributed by atoms with E-state index in [4.69, 9.17) is 9.47 Å². The molecule has 3 aromatic carbocycles. The number of aromatic nitrogens is 1. The number of fused-ring (bicyclic) bond motifs is 1. The van der Waals surface area contributed by atoms with E-state index in [1.54, 1.807) is 4.90 Å². The molecule has 1 N–H and O–H groups in total. The number of nitrogens with zero attached hydrogens (tertiary/aromatic N) is 3. The minimum Gasteiger partial charge on any atom is -0.488 e. The van der Waals surface area contributed by atoms with Crippen molar-refractivity contribution in [3.63, 3.8) is 0 Å². The van der Waals surface area contributed by atoms with Crippen LogP contribution in [0.15, 0.2) is 66.7 Å². The van der Waals surface area contributed by atoms with E-state index < -0.39 is 6.43 Å². The van der Waals surface area contributed by atoms with Gasteiger partial charge in [-0.1, -0.05) is 30.3 Å². The van der Waals surface area contributed by atoms with E-state index in [2.05, 4.69) is 58.4 Å². The molecule has 0 aliphatic carbocycles. The molecule has 8 heteroatoms. The number of hydrogen-bond donors (Lipinski definition) is 1. The molecular weight excluding hydrogens is 498 g/mol. The fraction of sp³-hybridized carbons (Fsp3) is 0.323. The normalized spacial score (nSPS) is 18.1. The number of H-pyrrole nitrogens is 1. The Morgan fingerprint density at radius 3 is 2.56 bits per heavy atom. The lowest BCUT2D eigenvalue weighted by Gasteiger charge is -2.28. The molecule has 200 valence electrons. The number of ether oxygens (including phenoxy) is 2. The predicted octanol–water partition coefficient (Wildman–Crippen LogP) is 5.93. The van der Waals surface area contributed by atoms with Crippen LogP contribution in [0.4, 0.5) is 14.5 Å². The molecule has 6 rings (SSSR count). The molecule has 6 nitrogen and oxygen atoms in total. The van der Waals surface area contributed by atoms with Crippen LogP contribution < -0.4 is 9.64 Å². The number of morpholine rings is 1. The molecule has 2 fully saturated rings. The first-order valence-electron chi connectivity index (χ1n) is 13.3. The van der Waals surface area contributed by atoms with Gasteiger partial charge in [-0.05, 0) is 59.5 Å². The van der Waals surface area contributed by atoms with E-state index in [0.717, 1.165) is 59.6 Å². The molecule has 1 aromatic heterocycles. The van der Waals surface area contributed by atoms with Gasteiger partial charge in [-0.15, -0.1) is 0 Å². The second-order valence-electron chi connectivity index (χ2n) is 10.1. The van der Waals surface area contributed by atoms with Gasteiger partial charge in [0.2, 0.25) is 0 Å². The van der Waals surface area contributed by atoms with E-state index in [-0.39, 0.29) is 12.6 Å². The molecule has 2 aliphatic rings. The van der Waals surface area contributed by atoms with Crippen molar-refractivity contribution in [2.45, 2.75) is 19.0 Å². The van der Waals surface area contributed by atoms with Gasteiger partial charge >= 0.3 is 0 Å². The van der Waals surface area contributed by atoms with Crippen molar-refractivity contribution in [2.24, 2.45) is 0 Å². The van der Waals surface area contributed by atoms with E-state index in [1.165, 1.54) is 5.69 Å². The first kappa shape index (κ1) is 25.4. The van der Waals surface area contributed by atoms with E-state index in [0.29, 0.717) is 30.8 Å². The topological polar surface area (TPSA) is 64.5 Å². The Labute approximate surface area is 226 Å². The third kappa shape index (κ3) is 5.47. The van der Waals surface area contributed by atoms with E-state index in [9.17, 15) is 14.0 Å². The summed E-state index contributed by atoms with van der Waals surface area (Å²) in [6, 6.07) is 24.7. The summed E-state index contributed by atoms with van der Waals surface area (Å²) < 4.78 is 37.0. The summed E-state index contributed by atoms with van der Waals surface area (Å²) in [5, 5.41) is 10.9. The first-order chi connectivity index (χ1) is 19.1. The molecule has 1 atom stereocenters. The highest BCUT2D eigenvalue weighted by Crippen LogP contribution is 2.35. The van der Waals surface area contributed by atoms with Crippen molar-refractivity contribution < 1.29 is 18.3 Å². The van der Waals surface area contributed by atoms with E-state index >= 15 is 0 Å². The van der Waals surface area contributed by atoms with Crippen LogP contribution in [0.5, 0.6) is 5.75 Å². The number of nitrogens with one attached hydrogen (secondary N) is 1. The maximum atomic E-state index is 12.7. The number of nitriles is 1. The van der Waals surface area contributed by atoms with Gasteiger partial charge in [0.25, 0.3) is 6.43 Å². The number of alkyl halides is 2. The van der Waals surface area contributed by atoms with Crippen LogP contribution in [-0.2, 0) is 4.74 Å². The average Bonchev–Trinajstić information content (AvgIpc) is 3.60. The number of halogens is 2. The van der Waals surface area contributed by atoms with Crippen molar-refractivity contribution in [3.05, 3.63) is 72.3 Å². The maximum Gasteiger partial charge on any atom is 0.251 e. The first-order valence-corrected chi connectivity index (χ1v) is 13.3. The zero-order valence-corrected chi connectivity index (χ0v) is 21.6. The zero-order valence-electron chi connectivity index (χ0n) is 21.6. The van der Waals surface area contributed by atoms with Gasteiger partial charge in [0.05, 0.1) is 25.3 Å². The fourth-order valence-corrected chi connectivity index (χ4v) is 5.56. The lowest BCUT2D eigenvalue weighted by molar-refractivity contribution is 0.0931. The quantitative estimate of drug-likeness (QED) is 0.322. The summed E-state index contributed by atoms with van der Waals surface area (Å²) in [6.07, 6.45) is -1.89. The Morgan fingerprint density at radius 2 is 1.79 bits per heavy atom. The molecule has 0 radical (unpaired) electrons. The van der Waals surface area contributed by atoms with Crippen LogP contribution in [0, 0.1) is 11.3 Å². The van der Waals surface area contributed by atoms with Crippen molar-refractivity contribution in [2.75, 3.05) is 50.8 Å². The van der Waals surface area contributed by atoms with Crippen LogP contribution in [0.1, 0.15) is 12.0 Å². The number of aromatic amines is 1. The third-order valence-corrected chi connectivity index (χ3v) is 7.55. The summed E-state index contributed by atoms with van der Waals surface area (Å²) in [5.41, 5.74) is 6.73. The largest absolute Gasteiger partial charge is 0.488 e. The second kappa shape index (κ2) is 11.0. The summed E-state index contributed by atoms with van der Waals surface area (Å²) in [6.45, 7) is 4.09. The Hall–Kier alpha value is -3.93. The molecule has 2 aliphatic heterocycles. The van der Waals surface area contributed by atoms with Gasteiger partial charge in [0, 0.05) is 48.5 Å². The van der Waals surface area contributed by atoms with Crippen LogP contribution >= 0.6 is 0 Å². The van der Waals surface area contributed by atoms with Crippen molar-refractivity contribution >= 4 is 16.6 Å². The maximum absolute atomic E-state index is 12.7. The second-order valence-corrected chi connectivity index (χ2v) is 10.1. The Bertz CT molecular complexity index is 1490. The lowest BCUT2D eigenvalue weighted by Crippen LogP contribution is -2.36. The van der Waals surface area contributed by atoms with Gasteiger partial charge in [-0.2, -0.15) is 5.26 Å². The molecule has 3 heterocycles. The molecular formula is C31H30F2N4O2. The van der Waals surface area contributed by atoms with Gasteiger partial charge in [-0.25, -0.2) is 8.78 Å². The smallest absolute Gasteiger partial charge is 0.251 e. The highest BCUT2D eigenvalue weighted by molar-refractivity contribution is 5.98. The van der Waals surface area contributed by atoms with Gasteiger partial charge < -0.3 is 19.4 Å². The minimum atomic E-state index is -2.36. The molecule has 39 heavy (non-hydrogen) atoms. The average molecular weight is 529 g/mol. The van der Waals surface area contributed by atoms with Gasteiger partial charge in [0.1, 0.15) is 17.9 Å². The molecule has 2 saturated heterocycles. The number of anilines is 1. The third-order valence-electron chi connectivity index (χ3n) is 7.55. The summed E-state index contributed by atoms with van der Waals surface area (Å²) in [4.78, 5) is 7.59. The Morgan fingerprint density at radius 1 is 1.00 bits per heavy atom. The summed E-state index contributed by atoms with van der Waals surface area (Å²) in [5.74, 6) is 0.493. The standard InChI is InChI=1S/C31H30F2N4O2/c32-31(33)20-36-11-10-25(19-36)39-30-9-6-22(16-23(30)18-34)26-2-1-3-28-27(26)17-29(35-28)21-4-7-24(8-5-21)37-12-14-38-15-13-37/h1-9,16-17,25,31,35H,10-15,19-20H2/t25-/m1/s1. The molecule has 0 amide bonds. The molecule has 4 aromatic rings. The highest BCUT2D eigenvalue weighted by Gasteiger charge is 2.26. The van der Waals surface area contributed by atoms with Crippen molar-refractivity contribution in [1.82, 2.24) is 9.88 Å². The van der Waals surface area contributed by atoms with Crippen LogP contribution in [-0.4, -0.2) is 68.4 Å². The van der Waals surface area contributed by atoms with Crippen LogP contribution in [0.2, 0.25) is 0 Å². The van der Waals surface area contributed by atoms with Gasteiger partial charge in [0.15, 0.2) is 0 Å². The van der Waals surface area contributed by atoms with Crippen LogP contribution in [0.25, 0.3) is 33.3 Å². The van der Waals surface area contributed by atoms with Crippen molar-refractivity contribution in [3.8, 4) is 34.2 Å². The number of rotatable bonds is 7. The SMILES string of the molecule is N#Cc1cc(-c2cccc3[nH]c(-c4ccc(N5CCOCC5)cc4)cc23)ccc1O[C@@H]1CCN(CC(F)F)C1. The lowest BCUT2D eigenvalue weighted by atomic mass is 9.99. The van der Waals surface area contributed by atoms with Crippen LogP contribution in [0.3, 0.4) is 0 Å². The minimum absolute atomic E-state index is 0.202. The number of hydrogen-bond acceptors (Lipinski definition) is 5. The Kier molecular flexibility index (Phi) is 7.18. The summed E-state index contributed by atoms with van der Waals surface area (Å²) >= 11 is 0. The Balaban J connectivity index is 1.23. The monoisotopic (exact) mass is 528 g/mol. The van der Waals surface area contributed by atoms with Crippen molar-refractivity contribution in [1.29, 1.82) is 5.26 Å². The highest BCUT2D eigenvalue weighted by atomic mass is 19.3. The predicted molar refractivity (Wildman–Crippen MR) is 148 cm³/mol.